The molecule has 0 spiro atoms. The highest BCUT2D eigenvalue weighted by Gasteiger charge is 2.29. The van der Waals surface area contributed by atoms with Gasteiger partial charge in [-0.2, -0.15) is 0 Å². The first kappa shape index (κ1) is 16.6. The summed E-state index contributed by atoms with van der Waals surface area (Å²) in [6.07, 6.45) is 7.17. The molecule has 1 unspecified atom stereocenters. The average molecular weight is 357 g/mol. The lowest BCUT2D eigenvalue weighted by atomic mass is 9.98. The second-order valence-electron chi connectivity index (χ2n) is 6.91. The monoisotopic (exact) mass is 356 g/mol. The lowest BCUT2D eigenvalue weighted by Crippen LogP contribution is -2.37. The van der Waals surface area contributed by atoms with Crippen LogP contribution in [0.2, 0.25) is 5.02 Å². The molecular formula is C20H21ClN2O2. The number of aromatic nitrogens is 1. The summed E-state index contributed by atoms with van der Waals surface area (Å²) in [5, 5.41) is 0.672. The molecule has 2 aromatic rings. The minimum atomic E-state index is 0.00383. The van der Waals surface area contributed by atoms with Crippen molar-refractivity contribution in [2.75, 3.05) is 11.4 Å². The van der Waals surface area contributed by atoms with Crippen molar-refractivity contribution in [1.82, 2.24) is 4.98 Å². The van der Waals surface area contributed by atoms with Crippen molar-refractivity contribution in [2.45, 2.75) is 38.9 Å². The molecule has 4 nitrogen and oxygen atoms in total. The first-order chi connectivity index (χ1) is 12.1. The number of carbonyl (C=O) groups excluding carboxylic acids is 1. The van der Waals surface area contributed by atoms with Gasteiger partial charge in [-0.3, -0.25) is 9.78 Å². The summed E-state index contributed by atoms with van der Waals surface area (Å²) in [4.78, 5) is 18.9. The Labute approximate surface area is 152 Å². The summed E-state index contributed by atoms with van der Waals surface area (Å²) >= 11 is 6.04. The maximum Gasteiger partial charge on any atom is 0.258 e. The largest absolute Gasteiger partial charge is 0.373 e. The number of hydrogen-bond acceptors (Lipinski definition) is 3. The fourth-order valence-corrected chi connectivity index (χ4v) is 3.53. The van der Waals surface area contributed by atoms with Gasteiger partial charge in [0.15, 0.2) is 0 Å². The Morgan fingerprint density at radius 3 is 2.96 bits per heavy atom. The Hall–Kier alpha value is -1.91. The molecular weight excluding hydrogens is 336 g/mol. The number of fused-ring (bicyclic) bond motifs is 1. The minimum absolute atomic E-state index is 0.00383. The zero-order valence-corrected chi connectivity index (χ0v) is 15.0. The van der Waals surface area contributed by atoms with Gasteiger partial charge in [0.1, 0.15) is 0 Å². The van der Waals surface area contributed by atoms with Crippen LogP contribution in [0, 0.1) is 5.92 Å². The van der Waals surface area contributed by atoms with Gasteiger partial charge in [0.05, 0.1) is 24.6 Å². The summed E-state index contributed by atoms with van der Waals surface area (Å²) in [5.41, 5.74) is 3.56. The van der Waals surface area contributed by atoms with E-state index in [0.29, 0.717) is 24.1 Å². The second-order valence-corrected chi connectivity index (χ2v) is 7.35. The Morgan fingerprint density at radius 1 is 1.32 bits per heavy atom. The van der Waals surface area contributed by atoms with Crippen molar-refractivity contribution in [3.8, 4) is 0 Å². The number of nitrogens with zero attached hydrogens (tertiary/aromatic N) is 2. The van der Waals surface area contributed by atoms with E-state index >= 15 is 0 Å². The van der Waals surface area contributed by atoms with E-state index in [9.17, 15) is 4.79 Å². The van der Waals surface area contributed by atoms with Gasteiger partial charge in [-0.1, -0.05) is 11.6 Å². The summed E-state index contributed by atoms with van der Waals surface area (Å²) in [6.45, 7) is 3.30. The Bertz CT molecular complexity index is 804. The molecule has 0 radical (unpaired) electrons. The molecule has 2 aliphatic rings. The van der Waals surface area contributed by atoms with E-state index in [-0.39, 0.29) is 12.0 Å². The lowest BCUT2D eigenvalue weighted by molar-refractivity contribution is 0.0386. The number of amides is 1. The number of pyridine rings is 1. The number of anilines is 1. The predicted molar refractivity (Wildman–Crippen MR) is 98.0 cm³/mol. The van der Waals surface area contributed by atoms with Crippen LogP contribution in [0.25, 0.3) is 0 Å². The molecule has 1 aliphatic heterocycles. The smallest absolute Gasteiger partial charge is 0.258 e. The Morgan fingerprint density at radius 2 is 2.16 bits per heavy atom. The van der Waals surface area contributed by atoms with Crippen molar-refractivity contribution in [1.29, 1.82) is 0 Å². The van der Waals surface area contributed by atoms with Gasteiger partial charge >= 0.3 is 0 Å². The standard InChI is InChI=1S/C20H21ClN2O2/c1-13(15-2-3-15)25-12-14-8-18(11-22-10-14)23-7-6-16-9-17(21)4-5-19(16)20(23)24/h4-5,8-11,13,15H,2-3,6-7,12H2,1H3. The van der Waals surface area contributed by atoms with E-state index in [1.54, 1.807) is 17.2 Å². The minimum Gasteiger partial charge on any atom is -0.373 e. The van der Waals surface area contributed by atoms with E-state index in [0.717, 1.165) is 28.8 Å². The quantitative estimate of drug-likeness (QED) is 0.804. The molecule has 1 amide bonds. The van der Waals surface area contributed by atoms with E-state index in [2.05, 4.69) is 11.9 Å². The molecule has 1 aliphatic carbocycles. The van der Waals surface area contributed by atoms with Crippen LogP contribution in [0.1, 0.15) is 41.3 Å². The molecule has 0 saturated heterocycles. The number of halogens is 1. The fraction of sp³-hybridized carbons (Fsp3) is 0.400. The van der Waals surface area contributed by atoms with Gasteiger partial charge in [-0.05, 0) is 67.5 Å². The van der Waals surface area contributed by atoms with E-state index in [1.807, 2.05) is 24.4 Å². The molecule has 1 aromatic heterocycles. The third-order valence-electron chi connectivity index (χ3n) is 5.04. The lowest BCUT2D eigenvalue weighted by Gasteiger charge is -2.28. The van der Waals surface area contributed by atoms with Crippen molar-refractivity contribution in [3.05, 3.63) is 58.4 Å². The molecule has 1 atom stereocenters. The van der Waals surface area contributed by atoms with Crippen LogP contribution in [0.5, 0.6) is 0 Å². The first-order valence-corrected chi connectivity index (χ1v) is 9.15. The highest BCUT2D eigenvalue weighted by Crippen LogP contribution is 2.34. The van der Waals surface area contributed by atoms with Gasteiger partial charge < -0.3 is 9.64 Å². The predicted octanol–water partition coefficient (Wildman–Crippen LogP) is 4.25. The zero-order valence-electron chi connectivity index (χ0n) is 14.2. The van der Waals surface area contributed by atoms with Crippen LogP contribution >= 0.6 is 11.6 Å². The Kier molecular flexibility index (Phi) is 4.48. The summed E-state index contributed by atoms with van der Waals surface area (Å²) < 4.78 is 5.93. The zero-order chi connectivity index (χ0) is 17.4. The van der Waals surface area contributed by atoms with Crippen LogP contribution in [-0.4, -0.2) is 23.5 Å². The highest BCUT2D eigenvalue weighted by atomic mass is 35.5. The molecule has 4 rings (SSSR count). The molecule has 1 saturated carbocycles. The van der Waals surface area contributed by atoms with Crippen LogP contribution in [0.4, 0.5) is 5.69 Å². The van der Waals surface area contributed by atoms with Crippen molar-refractivity contribution < 1.29 is 9.53 Å². The number of carbonyl (C=O) groups is 1. The topological polar surface area (TPSA) is 42.4 Å². The van der Waals surface area contributed by atoms with Gasteiger partial charge in [0.2, 0.25) is 0 Å². The van der Waals surface area contributed by atoms with Gasteiger partial charge in [0.25, 0.3) is 5.91 Å². The molecule has 130 valence electrons. The third-order valence-corrected chi connectivity index (χ3v) is 5.27. The molecule has 1 fully saturated rings. The van der Waals surface area contributed by atoms with Gasteiger partial charge in [-0.25, -0.2) is 0 Å². The average Bonchev–Trinajstić information content (AvgIpc) is 3.45. The molecule has 0 N–H and O–H groups in total. The van der Waals surface area contributed by atoms with Crippen LogP contribution in [0.3, 0.4) is 0 Å². The van der Waals surface area contributed by atoms with Crippen molar-refractivity contribution in [3.63, 3.8) is 0 Å². The first-order valence-electron chi connectivity index (χ1n) is 8.77. The summed E-state index contributed by atoms with van der Waals surface area (Å²) in [7, 11) is 0. The normalized spacial score (nSPS) is 18.2. The van der Waals surface area contributed by atoms with Crippen molar-refractivity contribution >= 4 is 23.2 Å². The maximum atomic E-state index is 12.8. The summed E-state index contributed by atoms with van der Waals surface area (Å²) in [6, 6.07) is 7.47. The SMILES string of the molecule is CC(OCc1cncc(N2CCc3cc(Cl)ccc3C2=O)c1)C1CC1. The third kappa shape index (κ3) is 3.55. The van der Waals surface area contributed by atoms with Crippen molar-refractivity contribution in [2.24, 2.45) is 5.92 Å². The fourth-order valence-electron chi connectivity index (χ4n) is 3.33. The van der Waals surface area contributed by atoms with Crippen LogP contribution < -0.4 is 4.90 Å². The van der Waals surface area contributed by atoms with Crippen LogP contribution in [-0.2, 0) is 17.8 Å². The van der Waals surface area contributed by atoms with Gasteiger partial charge in [0, 0.05) is 23.3 Å². The van der Waals surface area contributed by atoms with Crippen LogP contribution in [0.15, 0.2) is 36.7 Å². The number of hydrogen-bond donors (Lipinski definition) is 0. The molecule has 25 heavy (non-hydrogen) atoms. The number of rotatable bonds is 5. The molecule has 2 heterocycles. The molecule has 5 heteroatoms. The second kappa shape index (κ2) is 6.77. The summed E-state index contributed by atoms with van der Waals surface area (Å²) in [5.74, 6) is 0.715. The Balaban J connectivity index is 1.50. The molecule has 1 aromatic carbocycles. The molecule has 0 bridgehead atoms. The number of benzene rings is 1. The maximum absolute atomic E-state index is 12.8. The van der Waals surface area contributed by atoms with E-state index < -0.39 is 0 Å². The number of ether oxygens (including phenoxy) is 1. The van der Waals surface area contributed by atoms with Gasteiger partial charge in [-0.15, -0.1) is 0 Å². The highest BCUT2D eigenvalue weighted by molar-refractivity contribution is 6.30. The van der Waals surface area contributed by atoms with E-state index in [1.165, 1.54) is 12.8 Å². The van der Waals surface area contributed by atoms with E-state index in [4.69, 9.17) is 16.3 Å².